The summed E-state index contributed by atoms with van der Waals surface area (Å²) in [6, 6.07) is 25.3. The average molecular weight is 317 g/mol. The average Bonchev–Trinajstić information content (AvgIpc) is 2.62. The molecular formula is C20H15NOS. The lowest BCUT2D eigenvalue weighted by Gasteiger charge is -2.13. The molecule has 0 amide bonds. The molecule has 0 spiro atoms. The first kappa shape index (κ1) is 15.2. The molecule has 3 aromatic carbocycles. The number of thiocarbonyl (C=S) groups is 1. The molecule has 1 atom stereocenters. The van der Waals surface area contributed by atoms with Crippen LogP contribution in [-0.4, -0.2) is 10.3 Å². The third-order valence-electron chi connectivity index (χ3n) is 3.72. The van der Waals surface area contributed by atoms with Crippen molar-refractivity contribution in [3.05, 3.63) is 90.0 Å². The van der Waals surface area contributed by atoms with Gasteiger partial charge in [-0.3, -0.25) is 0 Å². The first-order valence-electron chi connectivity index (χ1n) is 7.29. The van der Waals surface area contributed by atoms with Crippen molar-refractivity contribution in [3.63, 3.8) is 0 Å². The lowest BCUT2D eigenvalue weighted by atomic mass is 9.96. The van der Waals surface area contributed by atoms with Gasteiger partial charge in [-0.2, -0.15) is 0 Å². The Morgan fingerprint density at radius 3 is 1.83 bits per heavy atom. The highest BCUT2D eigenvalue weighted by Gasteiger charge is 2.12. The lowest BCUT2D eigenvalue weighted by molar-refractivity contribution is 0.475. The van der Waals surface area contributed by atoms with Gasteiger partial charge in [0.1, 0.15) is 11.8 Å². The lowest BCUT2D eigenvalue weighted by Crippen LogP contribution is -1.97. The summed E-state index contributed by atoms with van der Waals surface area (Å²) in [5, 5.41) is 11.9. The van der Waals surface area contributed by atoms with E-state index < -0.39 is 0 Å². The Hall–Kier alpha value is -2.74. The van der Waals surface area contributed by atoms with E-state index in [0.717, 1.165) is 16.7 Å². The van der Waals surface area contributed by atoms with Gasteiger partial charge in [-0.05, 0) is 46.6 Å². The fourth-order valence-electron chi connectivity index (χ4n) is 2.54. The summed E-state index contributed by atoms with van der Waals surface area (Å²) in [5.74, 6) is 0.234. The number of hydrogen-bond acceptors (Lipinski definition) is 3. The third kappa shape index (κ3) is 3.54. The van der Waals surface area contributed by atoms with Gasteiger partial charge < -0.3 is 5.11 Å². The smallest absolute Gasteiger partial charge is 0.115 e. The molecule has 0 saturated heterocycles. The molecule has 112 valence electrons. The van der Waals surface area contributed by atoms with Crippen LogP contribution in [0.25, 0.3) is 11.1 Å². The maximum atomic E-state index is 9.43. The molecule has 0 radical (unpaired) electrons. The van der Waals surface area contributed by atoms with Crippen LogP contribution in [0, 0.1) is 0 Å². The van der Waals surface area contributed by atoms with Crippen LogP contribution in [0.15, 0.2) is 83.9 Å². The normalized spacial score (nSPS) is 11.5. The van der Waals surface area contributed by atoms with E-state index in [2.05, 4.69) is 46.6 Å². The molecule has 0 saturated carbocycles. The minimum absolute atomic E-state index is 0.210. The first-order valence-corrected chi connectivity index (χ1v) is 7.70. The summed E-state index contributed by atoms with van der Waals surface area (Å²) < 4.78 is 0. The Bertz CT molecular complexity index is 820. The maximum absolute atomic E-state index is 9.43. The van der Waals surface area contributed by atoms with E-state index >= 15 is 0 Å². The van der Waals surface area contributed by atoms with Crippen LogP contribution in [0.1, 0.15) is 17.2 Å². The summed E-state index contributed by atoms with van der Waals surface area (Å²) in [6.45, 7) is 0. The Balaban J connectivity index is 1.95. The maximum Gasteiger partial charge on any atom is 0.115 e. The zero-order chi connectivity index (χ0) is 16.1. The summed E-state index contributed by atoms with van der Waals surface area (Å²) in [6.07, 6.45) is 0. The number of phenolic OH excluding ortho intramolecular Hbond substituents is 1. The second kappa shape index (κ2) is 7.01. The van der Waals surface area contributed by atoms with Crippen LogP contribution in [0.4, 0.5) is 0 Å². The molecule has 1 unspecified atom stereocenters. The second-order valence-corrected chi connectivity index (χ2v) is 5.39. The van der Waals surface area contributed by atoms with Crippen molar-refractivity contribution in [2.45, 2.75) is 6.04 Å². The molecule has 23 heavy (non-hydrogen) atoms. The van der Waals surface area contributed by atoms with Crippen molar-refractivity contribution < 1.29 is 5.11 Å². The van der Waals surface area contributed by atoms with E-state index in [9.17, 15) is 5.11 Å². The van der Waals surface area contributed by atoms with Gasteiger partial charge in [0.05, 0.1) is 5.16 Å². The van der Waals surface area contributed by atoms with Crippen LogP contribution in [0.2, 0.25) is 0 Å². The Morgan fingerprint density at radius 2 is 1.26 bits per heavy atom. The molecule has 0 aliphatic rings. The number of aromatic hydroxyl groups is 1. The molecule has 3 aromatic rings. The summed E-state index contributed by atoms with van der Waals surface area (Å²) in [5.41, 5.74) is 4.34. The molecule has 3 rings (SSSR count). The molecular weight excluding hydrogens is 302 g/mol. The molecule has 0 bridgehead atoms. The van der Waals surface area contributed by atoms with Gasteiger partial charge in [-0.1, -0.05) is 66.7 Å². The Morgan fingerprint density at radius 1 is 0.739 bits per heavy atom. The standard InChI is InChI=1S/C20H15NOS/c22-19-12-10-18(11-13-19)20(21-14-23)17-8-6-16(7-9-17)15-4-2-1-3-5-15/h1-13,20,22H. The van der Waals surface area contributed by atoms with E-state index in [0.29, 0.717) is 0 Å². The zero-order valence-corrected chi connectivity index (χ0v) is 13.2. The molecule has 2 nitrogen and oxygen atoms in total. The van der Waals surface area contributed by atoms with Crippen molar-refractivity contribution in [3.8, 4) is 16.9 Å². The van der Waals surface area contributed by atoms with Crippen molar-refractivity contribution in [2.75, 3.05) is 0 Å². The number of isothiocyanates is 1. The molecule has 0 aliphatic carbocycles. The van der Waals surface area contributed by atoms with E-state index in [-0.39, 0.29) is 11.8 Å². The van der Waals surface area contributed by atoms with Gasteiger partial charge in [0, 0.05) is 0 Å². The summed E-state index contributed by atoms with van der Waals surface area (Å²) >= 11 is 4.79. The van der Waals surface area contributed by atoms with Gasteiger partial charge in [-0.25, -0.2) is 4.99 Å². The van der Waals surface area contributed by atoms with Crippen molar-refractivity contribution in [1.82, 2.24) is 0 Å². The Kier molecular flexibility index (Phi) is 4.62. The predicted octanol–water partition coefficient (Wildman–Crippen LogP) is 5.25. The van der Waals surface area contributed by atoms with Gasteiger partial charge in [0.25, 0.3) is 0 Å². The number of hydrogen-bond donors (Lipinski definition) is 1. The topological polar surface area (TPSA) is 32.6 Å². The van der Waals surface area contributed by atoms with E-state index in [1.165, 1.54) is 5.56 Å². The Labute approximate surface area is 140 Å². The number of nitrogens with zero attached hydrogens (tertiary/aromatic N) is 1. The minimum atomic E-state index is -0.210. The molecule has 1 N–H and O–H groups in total. The fourth-order valence-corrected chi connectivity index (χ4v) is 2.64. The number of phenols is 1. The zero-order valence-electron chi connectivity index (χ0n) is 12.4. The van der Waals surface area contributed by atoms with Crippen LogP contribution in [-0.2, 0) is 0 Å². The second-order valence-electron chi connectivity index (χ2n) is 5.20. The van der Waals surface area contributed by atoms with Crippen LogP contribution in [0.5, 0.6) is 5.75 Å². The van der Waals surface area contributed by atoms with Gasteiger partial charge in [0.15, 0.2) is 0 Å². The highest BCUT2D eigenvalue weighted by molar-refractivity contribution is 7.78. The fraction of sp³-hybridized carbons (Fsp3) is 0.0500. The van der Waals surface area contributed by atoms with Gasteiger partial charge in [0.2, 0.25) is 0 Å². The largest absolute Gasteiger partial charge is 0.508 e. The van der Waals surface area contributed by atoms with Crippen molar-refractivity contribution in [1.29, 1.82) is 0 Å². The van der Waals surface area contributed by atoms with Crippen LogP contribution < -0.4 is 0 Å². The number of aliphatic imine (C=N–C) groups is 1. The van der Waals surface area contributed by atoms with Crippen molar-refractivity contribution >= 4 is 17.4 Å². The SMILES string of the molecule is Oc1ccc(C(N=C=S)c2ccc(-c3ccccc3)cc2)cc1. The van der Waals surface area contributed by atoms with Crippen molar-refractivity contribution in [2.24, 2.45) is 4.99 Å². The quantitative estimate of drug-likeness (QED) is 0.526. The van der Waals surface area contributed by atoms with Crippen LogP contribution in [0.3, 0.4) is 0 Å². The predicted molar refractivity (Wildman–Crippen MR) is 96.9 cm³/mol. The highest BCUT2D eigenvalue weighted by atomic mass is 32.1. The van der Waals surface area contributed by atoms with E-state index in [1.807, 2.05) is 30.3 Å². The molecule has 0 fully saturated rings. The van der Waals surface area contributed by atoms with Gasteiger partial charge in [-0.15, -0.1) is 0 Å². The van der Waals surface area contributed by atoms with Gasteiger partial charge >= 0.3 is 0 Å². The molecule has 3 heteroatoms. The van der Waals surface area contributed by atoms with Crippen LogP contribution >= 0.6 is 12.2 Å². The summed E-state index contributed by atoms with van der Waals surface area (Å²) in [7, 11) is 0. The van der Waals surface area contributed by atoms with E-state index in [4.69, 9.17) is 12.2 Å². The molecule has 0 aromatic heterocycles. The number of rotatable bonds is 4. The minimum Gasteiger partial charge on any atom is -0.508 e. The third-order valence-corrected chi connectivity index (χ3v) is 3.83. The van der Waals surface area contributed by atoms with E-state index in [1.54, 1.807) is 12.1 Å². The molecule has 0 aliphatic heterocycles. The highest BCUT2D eigenvalue weighted by Crippen LogP contribution is 2.29. The number of benzene rings is 3. The molecule has 0 heterocycles. The first-order chi connectivity index (χ1) is 11.3. The summed E-state index contributed by atoms with van der Waals surface area (Å²) in [4.78, 5) is 4.28. The monoisotopic (exact) mass is 317 g/mol.